The Labute approximate surface area is 585 Å². The zero-order valence-electron chi connectivity index (χ0n) is 50.2. The van der Waals surface area contributed by atoms with Gasteiger partial charge >= 0.3 is 171 Å². The molecule has 0 N–H and O–H groups in total. The first kappa shape index (κ1) is 85.5. The maximum Gasteiger partial charge on any atom is 2.00 e. The van der Waals surface area contributed by atoms with Crippen molar-refractivity contribution >= 4 is 31.2 Å². The molecule has 11 aromatic heterocycles. The first-order valence-corrected chi connectivity index (χ1v) is 35.2. The molecule has 0 saturated carbocycles. The molecular weight excluding hydrogens is 1670 g/mol. The second-order valence-corrected chi connectivity index (χ2v) is 27.2. The molecule has 0 aliphatic carbocycles. The Morgan fingerprint density at radius 3 is 0.549 bits per heavy atom. The number of hydrogen-bond acceptors (Lipinski definition) is 12. The van der Waals surface area contributed by atoms with Crippen LogP contribution in [0, 0.1) is 0 Å². The Bertz CT molecular complexity index is 4100. The van der Waals surface area contributed by atoms with Crippen molar-refractivity contribution in [2.75, 3.05) is 0 Å². The number of pyridine rings is 10. The van der Waals surface area contributed by atoms with Gasteiger partial charge in [-0.25, -0.2) is 19.9 Å². The van der Waals surface area contributed by atoms with E-state index in [2.05, 4.69) is 69.1 Å². The van der Waals surface area contributed by atoms with Gasteiger partial charge in [0.15, 0.2) is 0 Å². The zero-order chi connectivity index (χ0) is 74.2. The molecule has 12 aromatic rings. The third kappa shape index (κ3) is 39.3. The zero-order valence-corrected chi connectivity index (χ0v) is 57.2. The average Bonchev–Trinajstić information content (AvgIpc) is 0.783. The normalized spacial score (nSPS) is 13.8. The van der Waals surface area contributed by atoms with Crippen molar-refractivity contribution in [2.45, 2.75) is 0 Å². The van der Waals surface area contributed by atoms with Gasteiger partial charge in [0.1, 0.15) is 22.8 Å². The largest absolute Gasteiger partial charge is 2.00 e. The van der Waals surface area contributed by atoms with Gasteiger partial charge in [-0.05, 0) is 132 Å². The molecule has 11 heterocycles. The topological polar surface area (TPSA) is 155 Å². The first-order valence-electron chi connectivity index (χ1n) is 27.1. The Morgan fingerprint density at radius 2 is 0.343 bits per heavy atom. The van der Waals surface area contributed by atoms with Crippen LogP contribution in [-0.2, 0) is 39.0 Å². The van der Waals surface area contributed by atoms with Gasteiger partial charge in [0.05, 0.1) is 68.3 Å². The molecule has 42 heteroatoms. The molecule has 12 nitrogen and oxygen atoms in total. The van der Waals surface area contributed by atoms with Crippen molar-refractivity contribution in [3.8, 4) is 102 Å². The van der Waals surface area contributed by atoms with Crippen LogP contribution in [0.25, 0.3) is 102 Å². The smallest absolute Gasteiger partial charge is 0.255 e. The van der Waals surface area contributed by atoms with Crippen molar-refractivity contribution in [2.24, 2.45) is 0 Å². The second-order valence-electron chi connectivity index (χ2n) is 19.6. The van der Waals surface area contributed by atoms with Crippen molar-refractivity contribution in [1.29, 1.82) is 0 Å². The molecule has 0 saturated heterocycles. The minimum atomic E-state index is -10.7. The van der Waals surface area contributed by atoms with E-state index in [4.69, 9.17) is 15.0 Å². The van der Waals surface area contributed by atoms with E-state index in [9.17, 15) is 101 Å². The Balaban J connectivity index is 0.000000275. The standard InChI is InChI=1S/C24H16N6.C21H15N3.C15H11N3.4F6P.2Ru/c1-5-13-25-17(9-1)21-22(18-10-2-6-14-26-18)30-24(20-12-4-8-16-28-20)23(29-21)19-11-3-7-15-27-19;1-2-8-16(9-3-1)17-14-20(18-10-4-6-12-22-18)24-21(15-17)19-11-5-7-13-23-19;1-3-10-16-12(6-1)14-8-5-9-15(18-14)13-7-2-4-11-17-13;4*1-7(2,3,4,5)6;;/h1-16H;1-15H;1-11H;;;;;;/q;;;4*-1;2*+2. The molecule has 0 atom stereocenters. The number of nitrogens with zero attached hydrogens (tertiary/aromatic N) is 12. The molecule has 0 amide bonds. The predicted octanol–water partition coefficient (Wildman–Crippen LogP) is 26.3. The SMILES string of the molecule is F[P-](F)(F)(F)(F)F.F[P-](F)(F)(F)(F)F.F[P-](F)(F)(F)(F)F.F[P-](F)(F)(F)(F)F.[Ru+2].[Ru+2].c1ccc(-c2cc(-c3ccccn3)nc(-c3ccccn3)c2)cc1.c1ccc(-c2cccc(-c3ccccn3)n2)nc1.c1ccc(-c2nc(-c3ccccn3)c(-c3ccccn3)nc2-c2ccccn2)nc1. The van der Waals surface area contributed by atoms with Gasteiger partial charge in [-0.2, -0.15) is 0 Å². The molecule has 0 aliphatic rings. The van der Waals surface area contributed by atoms with Crippen LogP contribution in [0.3, 0.4) is 0 Å². The Hall–Kier alpha value is -8.91. The van der Waals surface area contributed by atoms with E-state index < -0.39 is 31.2 Å². The van der Waals surface area contributed by atoms with E-state index >= 15 is 0 Å². The van der Waals surface area contributed by atoms with Crippen molar-refractivity contribution in [3.63, 3.8) is 0 Å². The summed E-state index contributed by atoms with van der Waals surface area (Å²) in [5.74, 6) is 0. The molecule has 0 radical (unpaired) electrons. The predicted molar refractivity (Wildman–Crippen MR) is 336 cm³/mol. The number of hydrogen-bond donors (Lipinski definition) is 0. The summed E-state index contributed by atoms with van der Waals surface area (Å²) >= 11 is 0. The monoisotopic (exact) mass is 1710 g/mol. The van der Waals surface area contributed by atoms with Crippen LogP contribution in [0.15, 0.2) is 256 Å². The van der Waals surface area contributed by atoms with Crippen LogP contribution in [0.5, 0.6) is 0 Å². The van der Waals surface area contributed by atoms with Crippen molar-refractivity contribution in [3.05, 3.63) is 256 Å². The van der Waals surface area contributed by atoms with E-state index in [0.29, 0.717) is 22.8 Å². The molecular formula is C60H42F24N12P4Ru2. The van der Waals surface area contributed by atoms with Gasteiger partial charge in [0.2, 0.25) is 0 Å². The molecule has 0 aliphatic heterocycles. The van der Waals surface area contributed by atoms with Crippen LogP contribution in [0.1, 0.15) is 0 Å². The molecule has 0 spiro atoms. The Kier molecular flexibility index (Phi) is 25.3. The van der Waals surface area contributed by atoms with Crippen LogP contribution >= 0.6 is 31.2 Å². The summed E-state index contributed by atoms with van der Waals surface area (Å²) in [5.41, 5.74) is 14.6. The quantitative estimate of drug-likeness (QED) is 0.0767. The molecule has 546 valence electrons. The molecule has 1 aromatic carbocycles. The summed E-state index contributed by atoms with van der Waals surface area (Å²) in [4.78, 5) is 54.9. The minimum absolute atomic E-state index is 0. The minimum Gasteiger partial charge on any atom is -0.255 e. The van der Waals surface area contributed by atoms with Gasteiger partial charge in [-0.1, -0.05) is 84.9 Å². The summed E-state index contributed by atoms with van der Waals surface area (Å²) in [6, 6.07) is 66.5. The maximum atomic E-state index is 9.87. The molecule has 0 unspecified atom stereocenters. The van der Waals surface area contributed by atoms with E-state index in [0.717, 1.165) is 79.5 Å². The summed E-state index contributed by atoms with van der Waals surface area (Å²) in [7, 11) is -42.6. The van der Waals surface area contributed by atoms with Gasteiger partial charge in [0, 0.05) is 49.6 Å². The third-order valence-corrected chi connectivity index (χ3v) is 10.9. The average molecular weight is 1710 g/mol. The van der Waals surface area contributed by atoms with Crippen LogP contribution in [0.2, 0.25) is 0 Å². The molecule has 102 heavy (non-hydrogen) atoms. The van der Waals surface area contributed by atoms with E-state index in [1.165, 1.54) is 0 Å². The summed E-state index contributed by atoms with van der Waals surface area (Å²) in [6.45, 7) is 0. The fourth-order valence-corrected chi connectivity index (χ4v) is 7.53. The van der Waals surface area contributed by atoms with Gasteiger partial charge < -0.3 is 0 Å². The summed E-state index contributed by atoms with van der Waals surface area (Å²) in [5, 5.41) is 0. The van der Waals surface area contributed by atoms with Crippen LogP contribution < -0.4 is 0 Å². The number of halogens is 24. The molecule has 0 fully saturated rings. The van der Waals surface area contributed by atoms with E-state index in [-0.39, 0.29) is 39.0 Å². The maximum absolute atomic E-state index is 10.7. The number of aromatic nitrogens is 12. The van der Waals surface area contributed by atoms with E-state index in [1.807, 2.05) is 182 Å². The second kappa shape index (κ2) is 30.2. The fourth-order valence-electron chi connectivity index (χ4n) is 7.53. The van der Waals surface area contributed by atoms with Gasteiger partial charge in [-0.3, -0.25) is 39.9 Å². The number of rotatable bonds is 9. The van der Waals surface area contributed by atoms with Gasteiger partial charge in [-0.15, -0.1) is 0 Å². The van der Waals surface area contributed by atoms with Crippen molar-refractivity contribution in [1.82, 2.24) is 59.8 Å². The third-order valence-electron chi connectivity index (χ3n) is 10.9. The Morgan fingerprint density at radius 1 is 0.167 bits per heavy atom. The molecule has 12 rings (SSSR count). The van der Waals surface area contributed by atoms with Gasteiger partial charge in [0.25, 0.3) is 0 Å². The molecule has 0 bridgehead atoms. The summed E-state index contributed by atoms with van der Waals surface area (Å²) in [6.07, 6.45) is 14.1. The first-order chi connectivity index (χ1) is 45.5. The van der Waals surface area contributed by atoms with Crippen LogP contribution in [0.4, 0.5) is 101 Å². The van der Waals surface area contributed by atoms with Crippen molar-refractivity contribution < 1.29 is 140 Å². The fraction of sp³-hybridized carbons (Fsp3) is 0. The number of benzene rings is 1. The summed E-state index contributed by atoms with van der Waals surface area (Å²) < 4.78 is 237. The van der Waals surface area contributed by atoms with Crippen LogP contribution in [-0.4, -0.2) is 59.8 Å². The van der Waals surface area contributed by atoms with E-state index in [1.54, 1.807) is 49.6 Å².